The molecule has 6 heteroatoms. The number of pyridine rings is 1. The molecular weight excluding hydrogens is 302 g/mol. The van der Waals surface area contributed by atoms with Crippen molar-refractivity contribution in [1.29, 1.82) is 0 Å². The molecule has 114 valence electrons. The Morgan fingerprint density at radius 1 is 1.62 bits per heavy atom. The van der Waals surface area contributed by atoms with Crippen molar-refractivity contribution in [1.82, 2.24) is 9.88 Å². The minimum atomic E-state index is -0.307. The maximum absolute atomic E-state index is 12.9. The van der Waals surface area contributed by atoms with Gasteiger partial charge in [-0.2, -0.15) is 0 Å². The second kappa shape index (κ2) is 7.22. The van der Waals surface area contributed by atoms with Crippen LogP contribution in [0.4, 0.5) is 0 Å². The fourth-order valence-electron chi connectivity index (χ4n) is 2.49. The molecule has 1 unspecified atom stereocenters. The van der Waals surface area contributed by atoms with Crippen molar-refractivity contribution >= 4 is 34.9 Å². The highest BCUT2D eigenvalue weighted by molar-refractivity contribution is 8.01. The molecule has 1 amide bonds. The third kappa shape index (κ3) is 4.41. The van der Waals surface area contributed by atoms with Crippen molar-refractivity contribution in [3.63, 3.8) is 0 Å². The number of rotatable bonds is 6. The van der Waals surface area contributed by atoms with E-state index in [0.29, 0.717) is 24.5 Å². The molecule has 21 heavy (non-hydrogen) atoms. The number of amides is 1. The molecule has 1 fully saturated rings. The summed E-state index contributed by atoms with van der Waals surface area (Å²) in [6.45, 7) is 3.18. The minimum absolute atomic E-state index is 0.185. The van der Waals surface area contributed by atoms with Crippen LogP contribution in [-0.4, -0.2) is 37.8 Å². The van der Waals surface area contributed by atoms with E-state index in [2.05, 4.69) is 4.98 Å². The first-order valence-corrected chi connectivity index (χ1v) is 8.51. The largest absolute Gasteiger partial charge is 0.393 e. The number of thiocarbonyl (C=S) groups is 1. The second-order valence-corrected chi connectivity index (χ2v) is 7.61. The van der Waals surface area contributed by atoms with Crippen LogP contribution < -0.4 is 5.73 Å². The maximum Gasteiger partial charge on any atom is 0.238 e. The lowest BCUT2D eigenvalue weighted by atomic mass is 10.0. The summed E-state index contributed by atoms with van der Waals surface area (Å²) in [6.07, 6.45) is 6.13. The van der Waals surface area contributed by atoms with E-state index < -0.39 is 0 Å². The maximum atomic E-state index is 12.9. The summed E-state index contributed by atoms with van der Waals surface area (Å²) in [5, 5.41) is 0. The van der Waals surface area contributed by atoms with Crippen molar-refractivity contribution in [2.75, 3.05) is 12.3 Å². The van der Waals surface area contributed by atoms with Crippen LogP contribution in [0, 0.1) is 0 Å². The molecule has 1 aliphatic heterocycles. The summed E-state index contributed by atoms with van der Waals surface area (Å²) in [5.74, 6) is 1.24. The highest BCUT2D eigenvalue weighted by Gasteiger charge is 2.39. The van der Waals surface area contributed by atoms with E-state index in [4.69, 9.17) is 18.0 Å². The lowest BCUT2D eigenvalue weighted by Gasteiger charge is -2.31. The number of nitrogens with zero attached hydrogens (tertiary/aromatic N) is 2. The van der Waals surface area contributed by atoms with Gasteiger partial charge in [0, 0.05) is 31.9 Å². The number of carbonyl (C=O) groups is 1. The lowest BCUT2D eigenvalue weighted by molar-refractivity contribution is -0.134. The fourth-order valence-corrected chi connectivity index (χ4v) is 3.86. The number of carbonyl (C=O) groups excluding carboxylic acids is 1. The predicted molar refractivity (Wildman–Crippen MR) is 91.2 cm³/mol. The molecule has 4 nitrogen and oxygen atoms in total. The van der Waals surface area contributed by atoms with E-state index in [-0.39, 0.29) is 10.7 Å². The van der Waals surface area contributed by atoms with Crippen molar-refractivity contribution in [3.8, 4) is 0 Å². The first kappa shape index (κ1) is 16.2. The van der Waals surface area contributed by atoms with Gasteiger partial charge >= 0.3 is 0 Å². The van der Waals surface area contributed by atoms with E-state index in [9.17, 15) is 4.79 Å². The first-order chi connectivity index (χ1) is 10.0. The second-order valence-electron chi connectivity index (χ2n) is 5.49. The van der Waals surface area contributed by atoms with Crippen LogP contribution in [0.5, 0.6) is 0 Å². The van der Waals surface area contributed by atoms with Gasteiger partial charge in [0.15, 0.2) is 0 Å². The van der Waals surface area contributed by atoms with Crippen molar-refractivity contribution in [2.24, 2.45) is 5.73 Å². The Labute approximate surface area is 135 Å². The Kier molecular flexibility index (Phi) is 5.58. The molecule has 0 radical (unpaired) electrons. The van der Waals surface area contributed by atoms with Crippen molar-refractivity contribution in [3.05, 3.63) is 30.1 Å². The van der Waals surface area contributed by atoms with E-state index in [1.165, 1.54) is 0 Å². The van der Waals surface area contributed by atoms with Gasteiger partial charge in [0.1, 0.15) is 0 Å². The molecule has 1 atom stereocenters. The van der Waals surface area contributed by atoms with E-state index in [1.807, 2.05) is 24.0 Å². The van der Waals surface area contributed by atoms with Gasteiger partial charge in [0.2, 0.25) is 5.91 Å². The number of thioether (sulfide) groups is 1. The van der Waals surface area contributed by atoms with E-state index >= 15 is 0 Å². The molecule has 0 aromatic carbocycles. The van der Waals surface area contributed by atoms with Gasteiger partial charge in [-0.25, -0.2) is 0 Å². The Morgan fingerprint density at radius 2 is 2.43 bits per heavy atom. The SMILES string of the molecule is CC1(C(=O)N(CCC(N)=S)Cc2cccnc2)CCCS1. The van der Waals surface area contributed by atoms with Gasteiger partial charge in [-0.1, -0.05) is 18.3 Å². The zero-order valence-corrected chi connectivity index (χ0v) is 13.9. The Balaban J connectivity index is 2.11. The van der Waals surface area contributed by atoms with Crippen molar-refractivity contribution < 1.29 is 4.79 Å². The molecule has 2 rings (SSSR count). The van der Waals surface area contributed by atoms with Crippen molar-refractivity contribution in [2.45, 2.75) is 37.5 Å². The molecule has 1 aliphatic rings. The summed E-state index contributed by atoms with van der Waals surface area (Å²) < 4.78 is -0.307. The third-order valence-electron chi connectivity index (χ3n) is 3.68. The minimum Gasteiger partial charge on any atom is -0.393 e. The summed E-state index contributed by atoms with van der Waals surface area (Å²) in [6, 6.07) is 3.87. The summed E-state index contributed by atoms with van der Waals surface area (Å²) in [7, 11) is 0. The number of aromatic nitrogens is 1. The van der Waals surface area contributed by atoms with Crippen LogP contribution >= 0.6 is 24.0 Å². The quantitative estimate of drug-likeness (QED) is 0.815. The van der Waals surface area contributed by atoms with Gasteiger partial charge in [0.05, 0.1) is 9.74 Å². The summed E-state index contributed by atoms with van der Waals surface area (Å²) in [5.41, 5.74) is 6.62. The lowest BCUT2D eigenvalue weighted by Crippen LogP contribution is -2.44. The van der Waals surface area contributed by atoms with Gasteiger partial charge < -0.3 is 10.6 Å². The summed E-state index contributed by atoms with van der Waals surface area (Å²) in [4.78, 5) is 19.3. The average Bonchev–Trinajstić information content (AvgIpc) is 2.92. The van der Waals surface area contributed by atoms with Gasteiger partial charge in [-0.05, 0) is 37.1 Å². The predicted octanol–water partition coefficient (Wildman–Crippen LogP) is 2.37. The highest BCUT2D eigenvalue weighted by Crippen LogP contribution is 2.39. The molecule has 1 aromatic rings. The normalized spacial score (nSPS) is 21.2. The zero-order chi connectivity index (χ0) is 15.3. The smallest absolute Gasteiger partial charge is 0.238 e. The molecule has 1 saturated heterocycles. The molecule has 0 bridgehead atoms. The third-order valence-corrected chi connectivity index (χ3v) is 5.40. The van der Waals surface area contributed by atoms with Gasteiger partial charge in [0.25, 0.3) is 0 Å². The standard InChI is InChI=1S/C15H21N3OS2/c1-15(6-3-9-21-15)14(19)18(8-5-13(16)20)11-12-4-2-7-17-10-12/h2,4,7,10H,3,5-6,8-9,11H2,1H3,(H2,16,20). The van der Waals surface area contributed by atoms with Crippen LogP contribution in [0.1, 0.15) is 31.7 Å². The topological polar surface area (TPSA) is 59.2 Å². The summed E-state index contributed by atoms with van der Waals surface area (Å²) >= 11 is 6.70. The van der Waals surface area contributed by atoms with Crippen LogP contribution in [0.3, 0.4) is 0 Å². The molecule has 2 heterocycles. The molecule has 0 aliphatic carbocycles. The molecule has 0 saturated carbocycles. The van der Waals surface area contributed by atoms with Gasteiger partial charge in [-0.3, -0.25) is 9.78 Å². The average molecular weight is 323 g/mol. The van der Waals surface area contributed by atoms with Crippen LogP contribution in [0.25, 0.3) is 0 Å². The van der Waals surface area contributed by atoms with Crippen LogP contribution in [0.15, 0.2) is 24.5 Å². The molecule has 1 aromatic heterocycles. The monoisotopic (exact) mass is 323 g/mol. The van der Waals surface area contributed by atoms with E-state index in [1.54, 1.807) is 24.2 Å². The first-order valence-electron chi connectivity index (χ1n) is 7.12. The van der Waals surface area contributed by atoms with Gasteiger partial charge in [-0.15, -0.1) is 11.8 Å². The molecular formula is C15H21N3OS2. The molecule has 0 spiro atoms. The zero-order valence-electron chi connectivity index (χ0n) is 12.2. The number of hydrogen-bond donors (Lipinski definition) is 1. The Hall–Kier alpha value is -1.14. The Bertz CT molecular complexity index is 501. The van der Waals surface area contributed by atoms with Crippen LogP contribution in [0.2, 0.25) is 0 Å². The van der Waals surface area contributed by atoms with Crippen LogP contribution in [-0.2, 0) is 11.3 Å². The Morgan fingerprint density at radius 3 is 3.00 bits per heavy atom. The number of nitrogens with two attached hydrogens (primary N) is 1. The van der Waals surface area contributed by atoms with E-state index in [0.717, 1.165) is 24.2 Å². The number of hydrogen-bond acceptors (Lipinski definition) is 4. The fraction of sp³-hybridized carbons (Fsp3) is 0.533. The molecule has 2 N–H and O–H groups in total. The highest BCUT2D eigenvalue weighted by atomic mass is 32.2.